The van der Waals surface area contributed by atoms with Crippen LogP contribution < -0.4 is 16.0 Å². The van der Waals surface area contributed by atoms with Gasteiger partial charge in [-0.1, -0.05) is 6.07 Å². The fourth-order valence-corrected chi connectivity index (χ4v) is 1.28. The second kappa shape index (κ2) is 7.10. The number of hydrogen-bond donors (Lipinski definition) is 3. The second-order valence-corrected chi connectivity index (χ2v) is 3.86. The van der Waals surface area contributed by atoms with Crippen molar-refractivity contribution in [3.63, 3.8) is 0 Å². The first-order valence-electron chi connectivity index (χ1n) is 5.76. The minimum Gasteiger partial charge on any atom is -0.355 e. The van der Waals surface area contributed by atoms with Crippen molar-refractivity contribution in [3.05, 3.63) is 23.9 Å². The quantitative estimate of drug-likeness (QED) is 0.508. The van der Waals surface area contributed by atoms with Gasteiger partial charge in [0, 0.05) is 25.7 Å². The summed E-state index contributed by atoms with van der Waals surface area (Å²) in [7, 11) is 0. The molecule has 1 aromatic rings. The predicted molar refractivity (Wildman–Crippen MR) is 69.3 cm³/mol. The van der Waals surface area contributed by atoms with Gasteiger partial charge in [-0.05, 0) is 19.1 Å². The first kappa shape index (κ1) is 14.6. The Bertz CT molecular complexity index is 488. The summed E-state index contributed by atoms with van der Waals surface area (Å²) in [4.78, 5) is 37.5. The lowest BCUT2D eigenvalue weighted by molar-refractivity contribution is -0.136. The van der Waals surface area contributed by atoms with Crippen molar-refractivity contribution in [1.82, 2.24) is 15.6 Å². The van der Waals surface area contributed by atoms with E-state index < -0.39 is 11.8 Å². The highest BCUT2D eigenvalue weighted by Gasteiger charge is 2.13. The SMILES string of the molecule is CC(=O)NCCNC(=O)C(=O)Nc1cccc(C)n1. The van der Waals surface area contributed by atoms with E-state index in [0.717, 1.165) is 5.69 Å². The Labute approximate surface area is 110 Å². The zero-order valence-corrected chi connectivity index (χ0v) is 10.8. The van der Waals surface area contributed by atoms with Crippen molar-refractivity contribution in [2.75, 3.05) is 18.4 Å². The number of anilines is 1. The minimum atomic E-state index is -0.791. The molecular weight excluding hydrogens is 248 g/mol. The number of aromatic nitrogens is 1. The van der Waals surface area contributed by atoms with Gasteiger partial charge in [0.15, 0.2) is 0 Å². The molecule has 0 aromatic carbocycles. The van der Waals surface area contributed by atoms with Crippen LogP contribution in [0, 0.1) is 6.92 Å². The monoisotopic (exact) mass is 264 g/mol. The Morgan fingerprint density at radius 2 is 1.79 bits per heavy atom. The maximum atomic E-state index is 11.5. The molecule has 0 saturated heterocycles. The zero-order chi connectivity index (χ0) is 14.3. The van der Waals surface area contributed by atoms with Gasteiger partial charge in [-0.2, -0.15) is 0 Å². The lowest BCUT2D eigenvalue weighted by Gasteiger charge is -2.06. The predicted octanol–water partition coefficient (Wildman–Crippen LogP) is -0.419. The third kappa shape index (κ3) is 5.62. The van der Waals surface area contributed by atoms with Crippen LogP contribution in [-0.2, 0) is 14.4 Å². The number of nitrogens with zero attached hydrogens (tertiary/aromatic N) is 1. The summed E-state index contributed by atoms with van der Waals surface area (Å²) < 4.78 is 0. The van der Waals surface area contributed by atoms with Crippen LogP contribution in [0.25, 0.3) is 0 Å². The van der Waals surface area contributed by atoms with Crippen molar-refractivity contribution < 1.29 is 14.4 Å². The normalized spacial score (nSPS) is 9.58. The van der Waals surface area contributed by atoms with Crippen molar-refractivity contribution in [2.45, 2.75) is 13.8 Å². The van der Waals surface area contributed by atoms with E-state index in [9.17, 15) is 14.4 Å². The van der Waals surface area contributed by atoms with Crippen molar-refractivity contribution >= 4 is 23.5 Å². The molecule has 0 aliphatic rings. The zero-order valence-electron chi connectivity index (χ0n) is 10.8. The minimum absolute atomic E-state index is 0.188. The molecule has 0 unspecified atom stereocenters. The van der Waals surface area contributed by atoms with E-state index in [1.807, 2.05) is 0 Å². The first-order chi connectivity index (χ1) is 8.99. The summed E-state index contributed by atoms with van der Waals surface area (Å²) in [6, 6.07) is 5.10. The standard InChI is InChI=1S/C12H16N4O3/c1-8-4-3-5-10(15-8)16-12(19)11(18)14-7-6-13-9(2)17/h3-5H,6-7H2,1-2H3,(H,13,17)(H,14,18)(H,15,16,19). The Hall–Kier alpha value is -2.44. The largest absolute Gasteiger partial charge is 0.355 e. The van der Waals surface area contributed by atoms with Crippen LogP contribution in [0.5, 0.6) is 0 Å². The highest BCUT2D eigenvalue weighted by Crippen LogP contribution is 2.03. The Balaban J connectivity index is 2.36. The molecule has 0 bridgehead atoms. The van der Waals surface area contributed by atoms with Gasteiger partial charge in [0.25, 0.3) is 0 Å². The Morgan fingerprint density at radius 3 is 2.42 bits per heavy atom. The summed E-state index contributed by atoms with van der Waals surface area (Å²) in [6.45, 7) is 3.62. The first-order valence-corrected chi connectivity index (χ1v) is 5.76. The lowest BCUT2D eigenvalue weighted by Crippen LogP contribution is -2.39. The van der Waals surface area contributed by atoms with Crippen molar-refractivity contribution in [3.8, 4) is 0 Å². The van der Waals surface area contributed by atoms with Crippen LogP contribution >= 0.6 is 0 Å². The number of hydrogen-bond acceptors (Lipinski definition) is 4. The number of amides is 3. The van der Waals surface area contributed by atoms with Gasteiger partial charge < -0.3 is 16.0 Å². The Morgan fingerprint density at radius 1 is 1.11 bits per heavy atom. The molecule has 19 heavy (non-hydrogen) atoms. The van der Waals surface area contributed by atoms with Gasteiger partial charge in [0.1, 0.15) is 5.82 Å². The highest BCUT2D eigenvalue weighted by molar-refractivity contribution is 6.39. The van der Waals surface area contributed by atoms with Crippen LogP contribution in [-0.4, -0.2) is 35.8 Å². The fraction of sp³-hybridized carbons (Fsp3) is 0.333. The van der Waals surface area contributed by atoms with E-state index in [0.29, 0.717) is 5.82 Å². The van der Waals surface area contributed by atoms with E-state index in [2.05, 4.69) is 20.9 Å². The van der Waals surface area contributed by atoms with Gasteiger partial charge in [-0.25, -0.2) is 4.98 Å². The number of rotatable bonds is 4. The van der Waals surface area contributed by atoms with Crippen LogP contribution in [0.15, 0.2) is 18.2 Å². The molecule has 7 nitrogen and oxygen atoms in total. The Kier molecular flexibility index (Phi) is 5.46. The molecule has 1 heterocycles. The van der Waals surface area contributed by atoms with E-state index in [-0.39, 0.29) is 19.0 Å². The third-order valence-electron chi connectivity index (χ3n) is 2.12. The van der Waals surface area contributed by atoms with Crippen LogP contribution in [0.2, 0.25) is 0 Å². The molecule has 3 amide bonds. The molecule has 3 N–H and O–H groups in total. The number of carbonyl (C=O) groups excluding carboxylic acids is 3. The van der Waals surface area contributed by atoms with E-state index in [4.69, 9.17) is 0 Å². The molecule has 0 aliphatic heterocycles. The molecule has 0 atom stereocenters. The van der Waals surface area contributed by atoms with Gasteiger partial charge in [0.2, 0.25) is 5.91 Å². The summed E-state index contributed by atoms with van der Waals surface area (Å²) in [5, 5.41) is 7.26. The summed E-state index contributed by atoms with van der Waals surface area (Å²) in [5.74, 6) is -1.43. The van der Waals surface area contributed by atoms with Crippen LogP contribution in [0.1, 0.15) is 12.6 Å². The molecule has 1 rings (SSSR count). The van der Waals surface area contributed by atoms with Gasteiger partial charge >= 0.3 is 11.8 Å². The smallest absolute Gasteiger partial charge is 0.314 e. The average molecular weight is 264 g/mol. The van der Waals surface area contributed by atoms with E-state index in [1.165, 1.54) is 6.92 Å². The molecule has 102 valence electrons. The summed E-state index contributed by atoms with van der Waals surface area (Å²) in [6.07, 6.45) is 0. The van der Waals surface area contributed by atoms with Crippen molar-refractivity contribution in [1.29, 1.82) is 0 Å². The highest BCUT2D eigenvalue weighted by atomic mass is 16.2. The average Bonchev–Trinajstić information content (AvgIpc) is 2.34. The number of carbonyl (C=O) groups is 3. The molecule has 0 radical (unpaired) electrons. The van der Waals surface area contributed by atoms with Gasteiger partial charge in [-0.3, -0.25) is 14.4 Å². The van der Waals surface area contributed by atoms with Crippen LogP contribution in [0.3, 0.4) is 0 Å². The van der Waals surface area contributed by atoms with E-state index >= 15 is 0 Å². The third-order valence-corrected chi connectivity index (χ3v) is 2.12. The second-order valence-electron chi connectivity index (χ2n) is 3.86. The topological polar surface area (TPSA) is 100 Å². The molecule has 0 saturated carbocycles. The van der Waals surface area contributed by atoms with Gasteiger partial charge in [0.05, 0.1) is 0 Å². The number of nitrogens with one attached hydrogen (secondary N) is 3. The van der Waals surface area contributed by atoms with E-state index in [1.54, 1.807) is 25.1 Å². The van der Waals surface area contributed by atoms with Crippen molar-refractivity contribution in [2.24, 2.45) is 0 Å². The maximum Gasteiger partial charge on any atom is 0.314 e. The lowest BCUT2D eigenvalue weighted by atomic mass is 10.3. The molecule has 0 aliphatic carbocycles. The molecular formula is C12H16N4O3. The molecule has 1 aromatic heterocycles. The molecule has 0 spiro atoms. The number of aryl methyl sites for hydroxylation is 1. The summed E-state index contributed by atoms with van der Waals surface area (Å²) in [5.41, 5.74) is 0.740. The summed E-state index contributed by atoms with van der Waals surface area (Å²) >= 11 is 0. The number of pyridine rings is 1. The molecule has 0 fully saturated rings. The fourth-order valence-electron chi connectivity index (χ4n) is 1.28. The van der Waals surface area contributed by atoms with Gasteiger partial charge in [-0.15, -0.1) is 0 Å². The molecule has 7 heteroatoms. The maximum absolute atomic E-state index is 11.5. The van der Waals surface area contributed by atoms with Crippen LogP contribution in [0.4, 0.5) is 5.82 Å².